The number of nitrogens with one attached hydrogen (secondary N) is 1. The Hall–Kier alpha value is -2.00. The zero-order valence-electron chi connectivity index (χ0n) is 10.7. The number of hydrogen-bond acceptors (Lipinski definition) is 2. The van der Waals surface area contributed by atoms with Crippen LogP contribution in [0.1, 0.15) is 21.5 Å². The number of halogens is 1. The fourth-order valence-electron chi connectivity index (χ4n) is 1.95. The van der Waals surface area contributed by atoms with Gasteiger partial charge in [0, 0.05) is 10.7 Å². The van der Waals surface area contributed by atoms with Crippen molar-refractivity contribution in [3.05, 3.63) is 58.1 Å². The minimum absolute atomic E-state index is 0.162. The van der Waals surface area contributed by atoms with Crippen LogP contribution in [0.5, 0.6) is 0 Å². The first-order chi connectivity index (χ1) is 8.99. The molecule has 2 N–H and O–H groups in total. The fraction of sp³-hybridized carbons (Fsp3) is 0.133. The van der Waals surface area contributed by atoms with Crippen molar-refractivity contribution in [2.75, 3.05) is 5.32 Å². The van der Waals surface area contributed by atoms with Gasteiger partial charge in [-0.1, -0.05) is 29.8 Å². The molecule has 4 heteroatoms. The summed E-state index contributed by atoms with van der Waals surface area (Å²) in [5, 5.41) is 12.8. The molecule has 98 valence electrons. The maximum absolute atomic E-state index is 11.2. The van der Waals surface area contributed by atoms with Gasteiger partial charge in [0.15, 0.2) is 0 Å². The van der Waals surface area contributed by atoms with E-state index in [0.717, 1.165) is 16.8 Å². The van der Waals surface area contributed by atoms with Gasteiger partial charge in [-0.25, -0.2) is 4.79 Å². The lowest BCUT2D eigenvalue weighted by Gasteiger charge is -2.14. The van der Waals surface area contributed by atoms with Crippen molar-refractivity contribution >= 4 is 28.9 Å². The van der Waals surface area contributed by atoms with Gasteiger partial charge in [0.05, 0.1) is 11.3 Å². The van der Waals surface area contributed by atoms with Gasteiger partial charge in [0.1, 0.15) is 0 Å². The van der Waals surface area contributed by atoms with Crippen LogP contribution in [0.25, 0.3) is 0 Å². The van der Waals surface area contributed by atoms with Gasteiger partial charge in [-0.3, -0.25) is 0 Å². The summed E-state index contributed by atoms with van der Waals surface area (Å²) in [7, 11) is 0. The molecular weight excluding hydrogens is 262 g/mol. The summed E-state index contributed by atoms with van der Waals surface area (Å²) in [5.74, 6) is -1.00. The molecule has 19 heavy (non-hydrogen) atoms. The summed E-state index contributed by atoms with van der Waals surface area (Å²) in [4.78, 5) is 11.2. The maximum Gasteiger partial charge on any atom is 0.337 e. The number of aromatic carboxylic acids is 1. The van der Waals surface area contributed by atoms with Crippen LogP contribution in [0, 0.1) is 13.8 Å². The number of carbonyl (C=O) groups is 1. The first-order valence-corrected chi connectivity index (χ1v) is 6.23. The number of aryl methyl sites for hydroxylation is 2. The third kappa shape index (κ3) is 2.88. The highest BCUT2D eigenvalue weighted by Crippen LogP contribution is 2.28. The summed E-state index contributed by atoms with van der Waals surface area (Å²) in [6.07, 6.45) is 0. The zero-order chi connectivity index (χ0) is 14.0. The van der Waals surface area contributed by atoms with E-state index >= 15 is 0 Å². The van der Waals surface area contributed by atoms with E-state index < -0.39 is 5.97 Å². The fourth-order valence-corrected chi connectivity index (χ4v) is 2.12. The highest BCUT2D eigenvalue weighted by molar-refractivity contribution is 6.31. The number of carboxylic acids is 1. The third-order valence-corrected chi connectivity index (χ3v) is 3.19. The van der Waals surface area contributed by atoms with Crippen molar-refractivity contribution in [2.45, 2.75) is 13.8 Å². The van der Waals surface area contributed by atoms with E-state index in [-0.39, 0.29) is 5.56 Å². The van der Waals surface area contributed by atoms with E-state index in [4.69, 9.17) is 11.6 Å². The van der Waals surface area contributed by atoms with Crippen LogP contribution in [0.3, 0.4) is 0 Å². The standard InChI is InChI=1S/C15H14ClNO2/c1-9-4-3-5-10(2)14(9)17-13-7-6-11(16)8-12(13)15(18)19/h3-8,17H,1-2H3,(H,18,19). The lowest BCUT2D eigenvalue weighted by molar-refractivity contribution is 0.0698. The molecule has 0 spiro atoms. The average molecular weight is 276 g/mol. The van der Waals surface area contributed by atoms with Crippen LogP contribution in [0.2, 0.25) is 5.02 Å². The van der Waals surface area contributed by atoms with Crippen LogP contribution in [0.15, 0.2) is 36.4 Å². The zero-order valence-corrected chi connectivity index (χ0v) is 11.5. The second kappa shape index (κ2) is 5.33. The van der Waals surface area contributed by atoms with E-state index in [1.807, 2.05) is 32.0 Å². The summed E-state index contributed by atoms with van der Waals surface area (Å²) < 4.78 is 0. The molecule has 0 aliphatic heterocycles. The molecule has 0 radical (unpaired) electrons. The number of anilines is 2. The van der Waals surface area contributed by atoms with Crippen LogP contribution < -0.4 is 5.32 Å². The Labute approximate surface area is 116 Å². The molecule has 0 saturated heterocycles. The summed E-state index contributed by atoms with van der Waals surface area (Å²) in [6.45, 7) is 3.96. The van der Waals surface area contributed by atoms with Crippen LogP contribution in [-0.4, -0.2) is 11.1 Å². The van der Waals surface area contributed by atoms with Crippen LogP contribution >= 0.6 is 11.6 Å². The number of para-hydroxylation sites is 1. The van der Waals surface area contributed by atoms with Crippen molar-refractivity contribution < 1.29 is 9.90 Å². The molecule has 0 atom stereocenters. The smallest absolute Gasteiger partial charge is 0.337 e. The minimum Gasteiger partial charge on any atom is -0.478 e. The number of rotatable bonds is 3. The van der Waals surface area contributed by atoms with Crippen molar-refractivity contribution in [1.29, 1.82) is 0 Å². The van der Waals surface area contributed by atoms with Gasteiger partial charge in [-0.15, -0.1) is 0 Å². The molecule has 2 rings (SSSR count). The van der Waals surface area contributed by atoms with Gasteiger partial charge in [-0.2, -0.15) is 0 Å². The monoisotopic (exact) mass is 275 g/mol. The van der Waals surface area contributed by atoms with Gasteiger partial charge >= 0.3 is 5.97 Å². The third-order valence-electron chi connectivity index (χ3n) is 2.95. The molecule has 0 saturated carbocycles. The number of hydrogen-bond donors (Lipinski definition) is 2. The molecular formula is C15H14ClNO2. The maximum atomic E-state index is 11.2. The Morgan fingerprint density at radius 1 is 1.16 bits per heavy atom. The number of carboxylic acid groups (broad SMARTS) is 1. The van der Waals surface area contributed by atoms with E-state index in [1.165, 1.54) is 6.07 Å². The lowest BCUT2D eigenvalue weighted by atomic mass is 10.1. The minimum atomic E-state index is -1.00. The second-order valence-electron chi connectivity index (χ2n) is 4.39. The highest BCUT2D eigenvalue weighted by Gasteiger charge is 2.12. The average Bonchev–Trinajstić information content (AvgIpc) is 2.35. The predicted molar refractivity (Wildman–Crippen MR) is 77.6 cm³/mol. The highest BCUT2D eigenvalue weighted by atomic mass is 35.5. The molecule has 0 amide bonds. The van der Waals surface area contributed by atoms with Gasteiger partial charge in [0.2, 0.25) is 0 Å². The van der Waals surface area contributed by atoms with Gasteiger partial charge < -0.3 is 10.4 Å². The van der Waals surface area contributed by atoms with Crippen molar-refractivity contribution in [2.24, 2.45) is 0 Å². The normalized spacial score (nSPS) is 10.3. The van der Waals surface area contributed by atoms with Crippen molar-refractivity contribution in [3.8, 4) is 0 Å². The lowest BCUT2D eigenvalue weighted by Crippen LogP contribution is -2.04. The SMILES string of the molecule is Cc1cccc(C)c1Nc1ccc(Cl)cc1C(=O)O. The quantitative estimate of drug-likeness (QED) is 0.873. The Bertz CT molecular complexity index is 618. The molecule has 0 heterocycles. The summed E-state index contributed by atoms with van der Waals surface area (Å²) in [6, 6.07) is 10.7. The topological polar surface area (TPSA) is 49.3 Å². The van der Waals surface area contributed by atoms with Crippen LogP contribution in [0.4, 0.5) is 11.4 Å². The molecule has 2 aromatic carbocycles. The Balaban J connectivity index is 2.47. The molecule has 0 aromatic heterocycles. The van der Waals surface area contributed by atoms with E-state index in [2.05, 4.69) is 5.32 Å². The van der Waals surface area contributed by atoms with Gasteiger partial charge in [-0.05, 0) is 43.2 Å². The molecule has 3 nitrogen and oxygen atoms in total. The summed E-state index contributed by atoms with van der Waals surface area (Å²) in [5.41, 5.74) is 3.74. The van der Waals surface area contributed by atoms with E-state index in [0.29, 0.717) is 10.7 Å². The van der Waals surface area contributed by atoms with Gasteiger partial charge in [0.25, 0.3) is 0 Å². The molecule has 0 bridgehead atoms. The van der Waals surface area contributed by atoms with Crippen molar-refractivity contribution in [3.63, 3.8) is 0 Å². The molecule has 0 aliphatic rings. The molecule has 0 aliphatic carbocycles. The summed E-state index contributed by atoms with van der Waals surface area (Å²) >= 11 is 5.84. The van der Waals surface area contributed by atoms with E-state index in [9.17, 15) is 9.90 Å². The molecule has 0 fully saturated rings. The largest absolute Gasteiger partial charge is 0.478 e. The Morgan fingerprint density at radius 2 is 1.79 bits per heavy atom. The predicted octanol–water partition coefficient (Wildman–Crippen LogP) is 4.40. The Kier molecular flexibility index (Phi) is 3.76. The number of benzene rings is 2. The Morgan fingerprint density at radius 3 is 2.37 bits per heavy atom. The first kappa shape index (κ1) is 13.4. The first-order valence-electron chi connectivity index (χ1n) is 5.85. The van der Waals surface area contributed by atoms with Crippen molar-refractivity contribution in [1.82, 2.24) is 0 Å². The second-order valence-corrected chi connectivity index (χ2v) is 4.82. The molecule has 0 unspecified atom stereocenters. The van der Waals surface area contributed by atoms with E-state index in [1.54, 1.807) is 12.1 Å². The van der Waals surface area contributed by atoms with Crippen LogP contribution in [-0.2, 0) is 0 Å². The molecule has 2 aromatic rings.